The van der Waals surface area contributed by atoms with Gasteiger partial charge >= 0.3 is 0 Å². The fraction of sp³-hybridized carbons (Fsp3) is 0.250. The number of thioether (sulfide) groups is 1. The lowest BCUT2D eigenvalue weighted by molar-refractivity contribution is 0.800. The molecule has 6 nitrogen and oxygen atoms in total. The van der Waals surface area contributed by atoms with Crippen LogP contribution >= 0.6 is 35.7 Å². The van der Waals surface area contributed by atoms with Gasteiger partial charge in [-0.1, -0.05) is 24.3 Å². The molecule has 2 N–H and O–H groups in total. The summed E-state index contributed by atoms with van der Waals surface area (Å²) >= 11 is 1.77. The highest BCUT2D eigenvalue weighted by molar-refractivity contribution is 14.0. The highest BCUT2D eigenvalue weighted by Gasteiger charge is 2.04. The summed E-state index contributed by atoms with van der Waals surface area (Å²) in [4.78, 5) is 9.58. The average molecular weight is 508 g/mol. The van der Waals surface area contributed by atoms with Crippen molar-refractivity contribution in [3.05, 3.63) is 71.8 Å². The molecule has 2 aromatic carbocycles. The molecule has 0 fully saturated rings. The number of hydrogen-bond donors (Lipinski definition) is 2. The summed E-state index contributed by atoms with van der Waals surface area (Å²) < 4.78 is 1.74. The number of halogens is 1. The third-order valence-electron chi connectivity index (χ3n) is 4.19. The number of nitrogens with zero attached hydrogens (tertiary/aromatic N) is 4. The first-order chi connectivity index (χ1) is 13.2. The van der Waals surface area contributed by atoms with Crippen molar-refractivity contribution in [1.82, 2.24) is 25.4 Å². The van der Waals surface area contributed by atoms with Gasteiger partial charge in [-0.2, -0.15) is 5.10 Å². The first-order valence-corrected chi connectivity index (χ1v) is 9.94. The van der Waals surface area contributed by atoms with E-state index in [9.17, 15) is 0 Å². The second-order valence-electron chi connectivity index (χ2n) is 6.10. The predicted octanol–water partition coefficient (Wildman–Crippen LogP) is 3.78. The Bertz CT molecular complexity index is 894. The highest BCUT2D eigenvalue weighted by atomic mass is 127. The van der Waals surface area contributed by atoms with E-state index in [0.29, 0.717) is 6.54 Å². The van der Waals surface area contributed by atoms with E-state index in [0.717, 1.165) is 18.2 Å². The second-order valence-corrected chi connectivity index (χ2v) is 6.95. The van der Waals surface area contributed by atoms with E-state index >= 15 is 0 Å². The molecule has 0 bridgehead atoms. The molecule has 0 atom stereocenters. The largest absolute Gasteiger partial charge is 0.352 e. The molecule has 1 aromatic heterocycles. The molecule has 0 aliphatic rings. The maximum atomic E-state index is 4.31. The van der Waals surface area contributed by atoms with E-state index in [1.54, 1.807) is 29.8 Å². The molecule has 0 aliphatic carbocycles. The van der Waals surface area contributed by atoms with Crippen LogP contribution in [0.5, 0.6) is 0 Å². The molecule has 8 heteroatoms. The van der Waals surface area contributed by atoms with Crippen LogP contribution in [-0.2, 0) is 13.1 Å². The molecule has 3 rings (SSSR count). The number of aliphatic imine (C=N–C) groups is 1. The Balaban J connectivity index is 0.00000280. The van der Waals surface area contributed by atoms with Crippen LogP contribution < -0.4 is 10.6 Å². The van der Waals surface area contributed by atoms with Gasteiger partial charge in [-0.15, -0.1) is 35.7 Å². The number of guanidine groups is 1. The topological polar surface area (TPSA) is 67.1 Å². The molecule has 0 amide bonds. The summed E-state index contributed by atoms with van der Waals surface area (Å²) in [7, 11) is 1.79. The van der Waals surface area contributed by atoms with Crippen LogP contribution in [-0.4, -0.2) is 34.0 Å². The summed E-state index contributed by atoms with van der Waals surface area (Å²) in [5.74, 6) is 0.781. The molecular weight excluding hydrogens is 483 g/mol. The zero-order chi connectivity index (χ0) is 19.1. The zero-order valence-corrected chi connectivity index (χ0v) is 19.4. The van der Waals surface area contributed by atoms with Crippen molar-refractivity contribution in [2.24, 2.45) is 4.99 Å². The van der Waals surface area contributed by atoms with Crippen molar-refractivity contribution < 1.29 is 0 Å². The van der Waals surface area contributed by atoms with E-state index < -0.39 is 0 Å². The quantitative estimate of drug-likeness (QED) is 0.230. The van der Waals surface area contributed by atoms with Gasteiger partial charge in [0.05, 0.1) is 5.69 Å². The van der Waals surface area contributed by atoms with Gasteiger partial charge in [0, 0.05) is 25.0 Å². The molecule has 148 valence electrons. The van der Waals surface area contributed by atoms with Crippen LogP contribution in [0.1, 0.15) is 16.7 Å². The fourth-order valence-electron chi connectivity index (χ4n) is 2.69. The first kappa shape index (κ1) is 22.2. The summed E-state index contributed by atoms with van der Waals surface area (Å²) in [5, 5.41) is 10.9. The monoisotopic (exact) mass is 508 g/mol. The predicted molar refractivity (Wildman–Crippen MR) is 127 cm³/mol. The van der Waals surface area contributed by atoms with Gasteiger partial charge in [0.15, 0.2) is 5.96 Å². The van der Waals surface area contributed by atoms with Crippen LogP contribution in [0.25, 0.3) is 5.69 Å². The average Bonchev–Trinajstić information content (AvgIpc) is 3.24. The van der Waals surface area contributed by atoms with Gasteiger partial charge in [-0.25, -0.2) is 9.67 Å². The van der Waals surface area contributed by atoms with E-state index in [4.69, 9.17) is 0 Å². The molecule has 1 heterocycles. The number of hydrogen-bond acceptors (Lipinski definition) is 4. The number of rotatable bonds is 6. The molecule has 3 aromatic rings. The normalized spacial score (nSPS) is 11.0. The van der Waals surface area contributed by atoms with Crippen LogP contribution in [0.4, 0.5) is 0 Å². The van der Waals surface area contributed by atoms with Gasteiger partial charge < -0.3 is 10.6 Å². The summed E-state index contributed by atoms with van der Waals surface area (Å²) in [5.41, 5.74) is 4.71. The van der Waals surface area contributed by atoms with Crippen molar-refractivity contribution in [2.75, 3.05) is 13.3 Å². The third-order valence-corrected chi connectivity index (χ3v) is 5.01. The number of benzene rings is 2. The lowest BCUT2D eigenvalue weighted by Gasteiger charge is -2.14. The van der Waals surface area contributed by atoms with E-state index in [1.165, 1.54) is 27.9 Å². The Morgan fingerprint density at radius 3 is 2.50 bits per heavy atom. The standard InChI is InChI=1S/C20H24N6S.HI/c1-15-4-7-17(19(10-15)27-3)12-24-20(21-2)23-11-16-5-8-18(9-6-16)26-14-22-13-25-26;/h4-10,13-14H,11-12H2,1-3H3,(H2,21,23,24);1H. The maximum Gasteiger partial charge on any atom is 0.191 e. The summed E-state index contributed by atoms with van der Waals surface area (Å²) in [6.45, 7) is 3.55. The molecule has 0 saturated heterocycles. The first-order valence-electron chi connectivity index (χ1n) is 8.71. The molecule has 28 heavy (non-hydrogen) atoms. The van der Waals surface area contributed by atoms with Gasteiger partial charge in [-0.3, -0.25) is 4.99 Å². The van der Waals surface area contributed by atoms with Crippen molar-refractivity contribution >= 4 is 41.7 Å². The van der Waals surface area contributed by atoms with Crippen molar-refractivity contribution in [3.8, 4) is 5.69 Å². The Labute approximate surface area is 187 Å². The smallest absolute Gasteiger partial charge is 0.191 e. The van der Waals surface area contributed by atoms with Crippen LogP contribution in [0.3, 0.4) is 0 Å². The Kier molecular flexibility index (Phi) is 8.78. The van der Waals surface area contributed by atoms with E-state index in [2.05, 4.69) is 69.2 Å². The molecule has 0 aliphatic heterocycles. The lowest BCUT2D eigenvalue weighted by Crippen LogP contribution is -2.36. The molecule has 0 radical (unpaired) electrons. The minimum atomic E-state index is 0. The van der Waals surface area contributed by atoms with Gasteiger partial charge in [0.2, 0.25) is 0 Å². The third kappa shape index (κ3) is 5.96. The number of aromatic nitrogens is 3. The Morgan fingerprint density at radius 2 is 1.86 bits per heavy atom. The van der Waals surface area contributed by atoms with Crippen molar-refractivity contribution in [1.29, 1.82) is 0 Å². The second kappa shape index (κ2) is 11.1. The highest BCUT2D eigenvalue weighted by Crippen LogP contribution is 2.21. The van der Waals surface area contributed by atoms with Gasteiger partial charge in [-0.05, 0) is 48.1 Å². The minimum Gasteiger partial charge on any atom is -0.352 e. The molecule has 0 spiro atoms. The summed E-state index contributed by atoms with van der Waals surface area (Å²) in [6, 6.07) is 14.7. The zero-order valence-electron chi connectivity index (χ0n) is 16.2. The van der Waals surface area contributed by atoms with Crippen LogP contribution in [0.2, 0.25) is 0 Å². The Morgan fingerprint density at radius 1 is 1.11 bits per heavy atom. The van der Waals surface area contributed by atoms with Crippen LogP contribution in [0, 0.1) is 6.92 Å². The SMILES string of the molecule is CN=C(NCc1ccc(-n2cncn2)cc1)NCc1ccc(C)cc1SC.I. The number of aryl methyl sites for hydroxylation is 1. The summed E-state index contributed by atoms with van der Waals surface area (Å²) in [6.07, 6.45) is 5.32. The lowest BCUT2D eigenvalue weighted by atomic mass is 10.1. The van der Waals surface area contributed by atoms with E-state index in [1.807, 2.05) is 12.1 Å². The molecule has 0 saturated carbocycles. The minimum absolute atomic E-state index is 0. The number of nitrogens with one attached hydrogen (secondary N) is 2. The molecule has 0 unspecified atom stereocenters. The van der Waals surface area contributed by atoms with Gasteiger partial charge in [0.1, 0.15) is 12.7 Å². The maximum absolute atomic E-state index is 4.31. The van der Waals surface area contributed by atoms with Crippen molar-refractivity contribution in [2.45, 2.75) is 24.9 Å². The van der Waals surface area contributed by atoms with Crippen molar-refractivity contribution in [3.63, 3.8) is 0 Å². The molecular formula is C20H25IN6S. The fourth-order valence-corrected chi connectivity index (χ4v) is 3.40. The Hall–Kier alpha value is -2.07. The van der Waals surface area contributed by atoms with Gasteiger partial charge in [0.25, 0.3) is 0 Å². The van der Waals surface area contributed by atoms with Crippen LogP contribution in [0.15, 0.2) is 65.0 Å². The van der Waals surface area contributed by atoms with E-state index in [-0.39, 0.29) is 24.0 Å².